The van der Waals surface area contributed by atoms with Crippen molar-refractivity contribution in [1.82, 2.24) is 14.2 Å². The van der Waals surface area contributed by atoms with Crippen LogP contribution < -0.4 is 0 Å². The van der Waals surface area contributed by atoms with E-state index in [1.165, 1.54) is 33.5 Å². The van der Waals surface area contributed by atoms with Crippen LogP contribution in [0.4, 0.5) is 13.2 Å². The number of benzene rings is 1. The van der Waals surface area contributed by atoms with E-state index < -0.39 is 33.2 Å². The van der Waals surface area contributed by atoms with Gasteiger partial charge in [0.2, 0.25) is 10.0 Å². The Kier molecular flexibility index (Phi) is 6.09. The number of rotatable bonds is 3. The molecule has 0 aliphatic carbocycles. The number of nitrogens with zero attached hydrogens (tertiary/aromatic N) is 4. The van der Waals surface area contributed by atoms with Crippen molar-refractivity contribution in [3.05, 3.63) is 59.4 Å². The van der Waals surface area contributed by atoms with Crippen molar-refractivity contribution < 1.29 is 26.4 Å². The van der Waals surface area contributed by atoms with Crippen LogP contribution in [-0.2, 0) is 16.2 Å². The molecule has 0 spiro atoms. The first kappa shape index (κ1) is 21.7. The van der Waals surface area contributed by atoms with E-state index in [4.69, 9.17) is 5.26 Å². The smallest absolute Gasteiger partial charge is 0.337 e. The fourth-order valence-corrected chi connectivity index (χ4v) is 4.71. The molecule has 1 aliphatic rings. The number of carbonyl (C=O) groups is 1. The molecule has 1 amide bonds. The predicted molar refractivity (Wildman–Crippen MR) is 99.7 cm³/mol. The number of nitriles is 1. The summed E-state index contributed by atoms with van der Waals surface area (Å²) in [6, 6.07) is 8.19. The lowest BCUT2D eigenvalue weighted by atomic mass is 10.1. The number of carbonyl (C=O) groups excluding carboxylic acids is 1. The SMILES string of the molecule is N#Cc1cccc(S(=O)(=O)N2CCCN(C(=O)c3cnccc3C(F)(F)F)CC2)c1. The van der Waals surface area contributed by atoms with Crippen molar-refractivity contribution in [3.8, 4) is 6.07 Å². The average molecular weight is 438 g/mol. The van der Waals surface area contributed by atoms with Gasteiger partial charge in [-0.3, -0.25) is 9.78 Å². The highest BCUT2D eigenvalue weighted by molar-refractivity contribution is 7.89. The van der Waals surface area contributed by atoms with E-state index in [1.54, 1.807) is 0 Å². The summed E-state index contributed by atoms with van der Waals surface area (Å²) in [6.45, 7) is 0.0615. The molecular weight excluding hydrogens is 421 g/mol. The van der Waals surface area contributed by atoms with Gasteiger partial charge in [-0.2, -0.15) is 22.7 Å². The van der Waals surface area contributed by atoms with Gasteiger partial charge in [-0.1, -0.05) is 6.07 Å². The Morgan fingerprint density at radius 1 is 1.13 bits per heavy atom. The molecular formula is C19H17F3N4O3S. The van der Waals surface area contributed by atoms with Crippen LogP contribution in [-0.4, -0.2) is 54.7 Å². The fraction of sp³-hybridized carbons (Fsp3) is 0.316. The third kappa shape index (κ3) is 4.44. The van der Waals surface area contributed by atoms with Crippen LogP contribution in [0.1, 0.15) is 27.9 Å². The van der Waals surface area contributed by atoms with Gasteiger partial charge in [0, 0.05) is 38.6 Å². The normalized spacial score (nSPS) is 16.0. The zero-order chi connectivity index (χ0) is 21.9. The molecule has 1 aromatic heterocycles. The van der Waals surface area contributed by atoms with E-state index >= 15 is 0 Å². The lowest BCUT2D eigenvalue weighted by Gasteiger charge is -2.23. The largest absolute Gasteiger partial charge is 0.417 e. The maximum absolute atomic E-state index is 13.2. The standard InChI is InChI=1S/C19H17F3N4O3S/c20-19(21,22)17-5-6-24-13-16(17)18(27)25-7-2-8-26(10-9-25)30(28,29)15-4-1-3-14(11-15)12-23/h1,3-6,11,13H,2,7-10H2. The molecule has 3 rings (SSSR count). The molecule has 0 N–H and O–H groups in total. The van der Waals surface area contributed by atoms with Crippen LogP contribution in [0.25, 0.3) is 0 Å². The number of halogens is 3. The molecule has 0 radical (unpaired) electrons. The first-order valence-corrected chi connectivity index (χ1v) is 10.4. The summed E-state index contributed by atoms with van der Waals surface area (Å²) in [7, 11) is -3.91. The van der Waals surface area contributed by atoms with Gasteiger partial charge in [-0.05, 0) is 30.7 Å². The maximum Gasteiger partial charge on any atom is 0.417 e. The Labute approximate surface area is 171 Å². The Hall–Kier alpha value is -2.97. The van der Waals surface area contributed by atoms with Crippen LogP contribution in [0.5, 0.6) is 0 Å². The number of alkyl halides is 3. The van der Waals surface area contributed by atoms with Crippen LogP contribution in [0.15, 0.2) is 47.6 Å². The van der Waals surface area contributed by atoms with Gasteiger partial charge in [0.1, 0.15) is 0 Å². The summed E-state index contributed by atoms with van der Waals surface area (Å²) in [5, 5.41) is 8.98. The third-order valence-electron chi connectivity index (χ3n) is 4.70. The number of hydrogen-bond acceptors (Lipinski definition) is 5. The van der Waals surface area contributed by atoms with E-state index in [0.717, 1.165) is 18.5 Å². The molecule has 2 aromatic rings. The summed E-state index contributed by atoms with van der Waals surface area (Å²) in [5.41, 5.74) is -1.45. The van der Waals surface area contributed by atoms with E-state index in [9.17, 15) is 26.4 Å². The first-order valence-electron chi connectivity index (χ1n) is 8.95. The van der Waals surface area contributed by atoms with Crippen LogP contribution in [0.2, 0.25) is 0 Å². The molecule has 1 saturated heterocycles. The summed E-state index contributed by atoms with van der Waals surface area (Å²) in [6.07, 6.45) is -2.62. The first-order chi connectivity index (χ1) is 14.1. The highest BCUT2D eigenvalue weighted by atomic mass is 32.2. The number of sulfonamides is 1. The summed E-state index contributed by atoms with van der Waals surface area (Å²) in [4.78, 5) is 17.5. The van der Waals surface area contributed by atoms with E-state index in [0.29, 0.717) is 0 Å². The predicted octanol–water partition coefficient (Wildman–Crippen LogP) is 2.51. The highest BCUT2D eigenvalue weighted by Crippen LogP contribution is 2.32. The number of aromatic nitrogens is 1. The van der Waals surface area contributed by atoms with Crippen molar-refractivity contribution in [2.24, 2.45) is 0 Å². The second-order valence-electron chi connectivity index (χ2n) is 6.61. The molecule has 30 heavy (non-hydrogen) atoms. The quantitative estimate of drug-likeness (QED) is 0.734. The Morgan fingerprint density at radius 2 is 1.90 bits per heavy atom. The van der Waals surface area contributed by atoms with E-state index in [2.05, 4.69) is 4.98 Å². The van der Waals surface area contributed by atoms with Gasteiger partial charge < -0.3 is 4.90 Å². The van der Waals surface area contributed by atoms with Crippen LogP contribution in [0, 0.1) is 11.3 Å². The van der Waals surface area contributed by atoms with Gasteiger partial charge in [-0.15, -0.1) is 0 Å². The van der Waals surface area contributed by atoms with Gasteiger partial charge >= 0.3 is 6.18 Å². The van der Waals surface area contributed by atoms with Crippen molar-refractivity contribution in [3.63, 3.8) is 0 Å². The monoisotopic (exact) mass is 438 g/mol. The molecule has 1 aliphatic heterocycles. The van der Waals surface area contributed by atoms with Crippen molar-refractivity contribution in [2.45, 2.75) is 17.5 Å². The maximum atomic E-state index is 13.2. The van der Waals surface area contributed by atoms with Crippen LogP contribution in [0.3, 0.4) is 0 Å². The number of amides is 1. The molecule has 7 nitrogen and oxygen atoms in total. The van der Waals surface area contributed by atoms with Gasteiger partial charge in [0.15, 0.2) is 0 Å². The number of hydrogen-bond donors (Lipinski definition) is 0. The second kappa shape index (κ2) is 8.41. The van der Waals surface area contributed by atoms with E-state index in [-0.39, 0.29) is 43.1 Å². The molecule has 1 fully saturated rings. The Balaban J connectivity index is 1.80. The van der Waals surface area contributed by atoms with Crippen LogP contribution >= 0.6 is 0 Å². The second-order valence-corrected chi connectivity index (χ2v) is 8.55. The summed E-state index contributed by atoms with van der Waals surface area (Å²) < 4.78 is 66.6. The number of pyridine rings is 1. The minimum atomic E-state index is -4.71. The Bertz CT molecular complexity index is 1100. The highest BCUT2D eigenvalue weighted by Gasteiger charge is 2.37. The van der Waals surface area contributed by atoms with Crippen molar-refractivity contribution in [2.75, 3.05) is 26.2 Å². The minimum absolute atomic E-state index is 0.0482. The van der Waals surface area contributed by atoms with E-state index in [1.807, 2.05) is 6.07 Å². The fourth-order valence-electron chi connectivity index (χ4n) is 3.19. The van der Waals surface area contributed by atoms with Crippen molar-refractivity contribution in [1.29, 1.82) is 5.26 Å². The topological polar surface area (TPSA) is 94.4 Å². The molecule has 1 aromatic carbocycles. The molecule has 158 valence electrons. The molecule has 0 atom stereocenters. The zero-order valence-electron chi connectivity index (χ0n) is 15.6. The summed E-state index contributed by atoms with van der Waals surface area (Å²) in [5.74, 6) is -0.846. The molecule has 2 heterocycles. The average Bonchev–Trinajstić information content (AvgIpc) is 2.99. The lowest BCUT2D eigenvalue weighted by molar-refractivity contribution is -0.138. The van der Waals surface area contributed by atoms with Crippen molar-refractivity contribution >= 4 is 15.9 Å². The molecule has 0 unspecified atom stereocenters. The lowest BCUT2D eigenvalue weighted by Crippen LogP contribution is -2.38. The summed E-state index contributed by atoms with van der Waals surface area (Å²) >= 11 is 0. The van der Waals surface area contributed by atoms with Gasteiger partial charge in [0.05, 0.1) is 27.7 Å². The van der Waals surface area contributed by atoms with Gasteiger partial charge in [-0.25, -0.2) is 8.42 Å². The third-order valence-corrected chi connectivity index (χ3v) is 6.59. The molecule has 0 bridgehead atoms. The zero-order valence-corrected chi connectivity index (χ0v) is 16.4. The van der Waals surface area contributed by atoms with Gasteiger partial charge in [0.25, 0.3) is 5.91 Å². The minimum Gasteiger partial charge on any atom is -0.337 e. The molecule has 11 heteroatoms. The Morgan fingerprint density at radius 3 is 2.60 bits per heavy atom. The molecule has 0 saturated carbocycles.